The molecule has 2 unspecified atom stereocenters. The van der Waals surface area contributed by atoms with E-state index in [1.807, 2.05) is 11.8 Å². The zero-order valence-electron chi connectivity index (χ0n) is 10.3. The third-order valence-electron chi connectivity index (χ3n) is 3.24. The van der Waals surface area contributed by atoms with E-state index in [1.54, 1.807) is 7.05 Å². The summed E-state index contributed by atoms with van der Waals surface area (Å²) in [6.07, 6.45) is 4.66. The molecular weight excluding hydrogens is 218 g/mol. The van der Waals surface area contributed by atoms with Gasteiger partial charge in [0.1, 0.15) is 0 Å². The minimum Gasteiger partial charge on any atom is -0.333 e. The first-order chi connectivity index (χ1) is 8.09. The van der Waals surface area contributed by atoms with Crippen LogP contribution in [0.1, 0.15) is 36.7 Å². The van der Waals surface area contributed by atoms with Gasteiger partial charge in [-0.05, 0) is 26.2 Å². The Morgan fingerprint density at radius 2 is 2.35 bits per heavy atom. The molecule has 1 aliphatic rings. The minimum absolute atomic E-state index is 0.00378. The predicted octanol–water partition coefficient (Wildman–Crippen LogP) is 0.157. The Kier molecular flexibility index (Phi) is 3.42. The van der Waals surface area contributed by atoms with Gasteiger partial charge in [-0.15, -0.1) is 5.10 Å². The van der Waals surface area contributed by atoms with Crippen molar-refractivity contribution in [3.05, 3.63) is 11.9 Å². The van der Waals surface area contributed by atoms with Crippen molar-refractivity contribution in [1.29, 1.82) is 0 Å². The molecule has 17 heavy (non-hydrogen) atoms. The second-order valence-corrected chi connectivity index (χ2v) is 4.64. The molecule has 1 aromatic rings. The van der Waals surface area contributed by atoms with Crippen molar-refractivity contribution in [1.82, 2.24) is 19.9 Å². The van der Waals surface area contributed by atoms with E-state index in [4.69, 9.17) is 5.73 Å². The van der Waals surface area contributed by atoms with Crippen molar-refractivity contribution in [2.75, 3.05) is 6.54 Å². The smallest absolute Gasteiger partial charge is 0.276 e. The lowest BCUT2D eigenvalue weighted by molar-refractivity contribution is 0.0577. The summed E-state index contributed by atoms with van der Waals surface area (Å²) in [5.74, 6) is -0.0555. The molecule has 1 fully saturated rings. The van der Waals surface area contributed by atoms with Gasteiger partial charge in [0.15, 0.2) is 5.69 Å². The topological polar surface area (TPSA) is 77.0 Å². The van der Waals surface area contributed by atoms with Crippen LogP contribution in [-0.4, -0.2) is 44.4 Å². The number of amides is 1. The molecular formula is C11H19N5O. The normalized spacial score (nSPS) is 22.5. The van der Waals surface area contributed by atoms with E-state index in [2.05, 4.69) is 10.2 Å². The van der Waals surface area contributed by atoms with Crippen LogP contribution >= 0.6 is 0 Å². The zero-order valence-corrected chi connectivity index (χ0v) is 10.3. The van der Waals surface area contributed by atoms with Crippen LogP contribution in [0.15, 0.2) is 6.20 Å². The molecule has 6 heteroatoms. The molecule has 1 aromatic heterocycles. The Morgan fingerprint density at radius 1 is 1.59 bits per heavy atom. The van der Waals surface area contributed by atoms with Crippen LogP contribution in [0.2, 0.25) is 0 Å². The van der Waals surface area contributed by atoms with Crippen LogP contribution in [-0.2, 0) is 7.05 Å². The van der Waals surface area contributed by atoms with E-state index in [0.717, 1.165) is 25.8 Å². The monoisotopic (exact) mass is 237 g/mol. The third-order valence-corrected chi connectivity index (χ3v) is 3.24. The largest absolute Gasteiger partial charge is 0.333 e. The van der Waals surface area contributed by atoms with Crippen LogP contribution in [0.5, 0.6) is 0 Å². The number of aryl methyl sites for hydroxylation is 1. The highest BCUT2D eigenvalue weighted by Gasteiger charge is 2.30. The average Bonchev–Trinajstić information content (AvgIpc) is 2.75. The summed E-state index contributed by atoms with van der Waals surface area (Å²) in [4.78, 5) is 15.5. The van der Waals surface area contributed by atoms with Crippen LogP contribution in [0.3, 0.4) is 0 Å². The first-order valence-corrected chi connectivity index (χ1v) is 6.02. The average molecular weight is 237 g/mol. The lowest BCUT2D eigenvalue weighted by Crippen LogP contribution is -2.51. The van der Waals surface area contributed by atoms with Crippen LogP contribution in [0.25, 0.3) is 0 Å². The highest BCUT2D eigenvalue weighted by atomic mass is 16.2. The number of likely N-dealkylation sites (tertiary alicyclic amines) is 1. The Morgan fingerprint density at radius 3 is 2.94 bits per heavy atom. The molecule has 0 radical (unpaired) electrons. The summed E-state index contributed by atoms with van der Waals surface area (Å²) in [7, 11) is 1.70. The quantitative estimate of drug-likeness (QED) is 0.794. The lowest BCUT2D eigenvalue weighted by Gasteiger charge is -2.37. The van der Waals surface area contributed by atoms with Gasteiger partial charge in [-0.3, -0.25) is 4.79 Å². The van der Waals surface area contributed by atoms with E-state index >= 15 is 0 Å². The minimum atomic E-state index is -0.0555. The fourth-order valence-corrected chi connectivity index (χ4v) is 2.35. The first kappa shape index (κ1) is 12.0. The molecule has 0 bridgehead atoms. The Labute approximate surface area is 101 Å². The maximum atomic E-state index is 12.3. The number of piperidine rings is 1. The molecule has 94 valence electrons. The van der Waals surface area contributed by atoms with Crippen molar-refractivity contribution in [2.45, 2.75) is 38.3 Å². The van der Waals surface area contributed by atoms with Gasteiger partial charge in [0, 0.05) is 25.7 Å². The van der Waals surface area contributed by atoms with Crippen molar-refractivity contribution in [3.63, 3.8) is 0 Å². The molecule has 2 atom stereocenters. The summed E-state index contributed by atoms with van der Waals surface area (Å²) < 4.78 is 0. The molecule has 1 aliphatic heterocycles. The fourth-order valence-electron chi connectivity index (χ4n) is 2.35. The molecule has 2 rings (SSSR count). The lowest BCUT2D eigenvalue weighted by atomic mass is 9.96. The second-order valence-electron chi connectivity index (χ2n) is 4.64. The number of hydrogen-bond donors (Lipinski definition) is 1. The van der Waals surface area contributed by atoms with Crippen molar-refractivity contribution < 1.29 is 4.79 Å². The number of hydrogen-bond acceptors (Lipinski definition) is 4. The maximum Gasteiger partial charge on any atom is 0.276 e. The molecule has 0 aliphatic carbocycles. The predicted molar refractivity (Wildman–Crippen MR) is 63.3 cm³/mol. The highest BCUT2D eigenvalue weighted by Crippen LogP contribution is 2.20. The number of carbonyl (C=O) groups excluding carboxylic acids is 1. The number of nitrogens with zero attached hydrogens (tertiary/aromatic N) is 4. The molecule has 1 saturated heterocycles. The van der Waals surface area contributed by atoms with Crippen LogP contribution in [0.4, 0.5) is 0 Å². The van der Waals surface area contributed by atoms with Crippen molar-refractivity contribution in [3.8, 4) is 0 Å². The van der Waals surface area contributed by atoms with Gasteiger partial charge < -0.3 is 10.6 Å². The number of carbonyl (C=O) groups is 1. The van der Waals surface area contributed by atoms with E-state index in [1.165, 1.54) is 11.0 Å². The van der Waals surface area contributed by atoms with Gasteiger partial charge in [0.2, 0.25) is 0 Å². The zero-order chi connectivity index (χ0) is 12.4. The molecule has 2 N–H and O–H groups in total. The van der Waals surface area contributed by atoms with Gasteiger partial charge in [-0.2, -0.15) is 9.90 Å². The van der Waals surface area contributed by atoms with Crippen molar-refractivity contribution in [2.24, 2.45) is 12.8 Å². The van der Waals surface area contributed by atoms with Gasteiger partial charge in [0.25, 0.3) is 5.91 Å². The van der Waals surface area contributed by atoms with Crippen LogP contribution in [0, 0.1) is 0 Å². The molecule has 0 saturated carbocycles. The van der Waals surface area contributed by atoms with Gasteiger partial charge in [-0.1, -0.05) is 0 Å². The summed E-state index contributed by atoms with van der Waals surface area (Å²) in [5, 5.41) is 7.98. The SMILES string of the molecule is CC(N)C1CCCCN1C(=O)c1cnn(C)n1. The van der Waals surface area contributed by atoms with E-state index < -0.39 is 0 Å². The van der Waals surface area contributed by atoms with Gasteiger partial charge in [-0.25, -0.2) is 0 Å². The molecule has 2 heterocycles. The Hall–Kier alpha value is -1.43. The standard InChI is InChI=1S/C11H19N5O/c1-8(12)10-5-3-4-6-16(10)11(17)9-7-13-15(2)14-9/h7-8,10H,3-6,12H2,1-2H3. The number of nitrogens with two attached hydrogens (primary N) is 1. The van der Waals surface area contributed by atoms with Crippen LogP contribution < -0.4 is 5.73 Å². The van der Waals surface area contributed by atoms with E-state index in [0.29, 0.717) is 5.69 Å². The van der Waals surface area contributed by atoms with Crippen molar-refractivity contribution >= 4 is 5.91 Å². The third kappa shape index (κ3) is 2.46. The second kappa shape index (κ2) is 4.83. The van der Waals surface area contributed by atoms with Gasteiger partial charge >= 0.3 is 0 Å². The highest BCUT2D eigenvalue weighted by molar-refractivity contribution is 5.92. The summed E-state index contributed by atoms with van der Waals surface area (Å²) in [6.45, 7) is 2.72. The maximum absolute atomic E-state index is 12.3. The molecule has 0 aromatic carbocycles. The number of rotatable bonds is 2. The summed E-state index contributed by atoms with van der Waals surface area (Å²) in [6, 6.07) is 0.120. The summed E-state index contributed by atoms with van der Waals surface area (Å²) in [5.41, 5.74) is 6.35. The Balaban J connectivity index is 2.16. The van der Waals surface area contributed by atoms with E-state index in [-0.39, 0.29) is 18.0 Å². The fraction of sp³-hybridized carbons (Fsp3) is 0.727. The molecule has 0 spiro atoms. The molecule has 6 nitrogen and oxygen atoms in total. The van der Waals surface area contributed by atoms with Gasteiger partial charge in [0.05, 0.1) is 6.20 Å². The van der Waals surface area contributed by atoms with E-state index in [9.17, 15) is 4.79 Å². The summed E-state index contributed by atoms with van der Waals surface area (Å²) >= 11 is 0. The first-order valence-electron chi connectivity index (χ1n) is 6.02. The Bertz CT molecular complexity index is 400. The molecule has 1 amide bonds. The number of aromatic nitrogens is 3.